The first-order valence-corrected chi connectivity index (χ1v) is 9.33. The van der Waals surface area contributed by atoms with Gasteiger partial charge in [0.25, 0.3) is 0 Å². The number of hydrogen-bond donors (Lipinski definition) is 1. The Morgan fingerprint density at radius 3 is 1.75 bits per heavy atom. The van der Waals surface area contributed by atoms with Gasteiger partial charge in [-0.1, -0.05) is 72.8 Å². The molecule has 3 aromatic carbocycles. The monoisotopic (exact) mass is 375 g/mol. The Balaban J connectivity index is 1.85. The van der Waals surface area contributed by atoms with Crippen LogP contribution in [0.25, 0.3) is 0 Å². The summed E-state index contributed by atoms with van der Waals surface area (Å²) in [6.45, 7) is 1.14. The average Bonchev–Trinajstić information content (AvgIpc) is 2.73. The molecule has 0 amide bonds. The molecule has 4 heteroatoms. The smallest absolute Gasteiger partial charge is 0.321 e. The molecule has 28 heavy (non-hydrogen) atoms. The summed E-state index contributed by atoms with van der Waals surface area (Å²) in [5.74, 6) is -0.0521. The number of rotatable bonds is 9. The van der Waals surface area contributed by atoms with Crippen LogP contribution < -0.4 is 4.74 Å². The lowest BCUT2D eigenvalue weighted by Gasteiger charge is -2.29. The van der Waals surface area contributed by atoms with Crippen molar-refractivity contribution >= 4 is 5.97 Å². The molecule has 3 aromatic rings. The fourth-order valence-electron chi connectivity index (χ4n) is 3.27. The van der Waals surface area contributed by atoms with Crippen molar-refractivity contribution < 1.29 is 14.6 Å². The minimum Gasteiger partial charge on any atom is -0.497 e. The number of nitrogens with zero attached hydrogens (tertiary/aromatic N) is 1. The van der Waals surface area contributed by atoms with E-state index in [4.69, 9.17) is 4.74 Å². The first-order valence-electron chi connectivity index (χ1n) is 9.33. The highest BCUT2D eigenvalue weighted by Gasteiger charge is 2.26. The zero-order chi connectivity index (χ0) is 19.8. The quantitative estimate of drug-likeness (QED) is 0.602. The van der Waals surface area contributed by atoms with Crippen LogP contribution in [0.3, 0.4) is 0 Å². The lowest BCUT2D eigenvalue weighted by molar-refractivity contribution is -0.143. The van der Waals surface area contributed by atoms with Gasteiger partial charge >= 0.3 is 5.97 Å². The van der Waals surface area contributed by atoms with Crippen LogP contribution in [0.2, 0.25) is 0 Å². The van der Waals surface area contributed by atoms with Crippen molar-refractivity contribution in [3.8, 4) is 5.75 Å². The Hall–Kier alpha value is -3.11. The van der Waals surface area contributed by atoms with Crippen molar-refractivity contribution in [1.82, 2.24) is 4.90 Å². The van der Waals surface area contributed by atoms with Gasteiger partial charge < -0.3 is 9.84 Å². The molecule has 0 aliphatic heterocycles. The van der Waals surface area contributed by atoms with Gasteiger partial charge in [-0.15, -0.1) is 0 Å². The summed E-state index contributed by atoms with van der Waals surface area (Å²) in [5, 5.41) is 10.00. The van der Waals surface area contributed by atoms with Gasteiger partial charge in [0.05, 0.1) is 7.11 Å². The zero-order valence-electron chi connectivity index (χ0n) is 16.0. The first kappa shape index (κ1) is 19.6. The van der Waals surface area contributed by atoms with E-state index in [9.17, 15) is 9.90 Å². The van der Waals surface area contributed by atoms with E-state index in [-0.39, 0.29) is 0 Å². The maximum Gasteiger partial charge on any atom is 0.321 e. The molecule has 4 nitrogen and oxygen atoms in total. The van der Waals surface area contributed by atoms with Gasteiger partial charge in [-0.25, -0.2) is 0 Å². The van der Waals surface area contributed by atoms with E-state index in [2.05, 4.69) is 0 Å². The van der Waals surface area contributed by atoms with E-state index in [1.807, 2.05) is 89.8 Å². The maximum atomic E-state index is 12.2. The number of carbonyl (C=O) groups is 1. The molecule has 0 radical (unpaired) electrons. The summed E-state index contributed by atoms with van der Waals surface area (Å²) in [4.78, 5) is 14.2. The van der Waals surface area contributed by atoms with E-state index < -0.39 is 12.0 Å². The van der Waals surface area contributed by atoms with Crippen molar-refractivity contribution in [3.05, 3.63) is 102 Å². The zero-order valence-corrected chi connectivity index (χ0v) is 16.0. The molecule has 0 spiro atoms. The summed E-state index contributed by atoms with van der Waals surface area (Å²) >= 11 is 0. The number of hydrogen-bond acceptors (Lipinski definition) is 3. The minimum atomic E-state index is -0.817. The molecule has 1 atom stereocenters. The van der Waals surface area contributed by atoms with Crippen molar-refractivity contribution in [2.45, 2.75) is 25.6 Å². The summed E-state index contributed by atoms with van der Waals surface area (Å²) in [7, 11) is 1.62. The van der Waals surface area contributed by atoms with Crippen LogP contribution in [0.4, 0.5) is 0 Å². The topological polar surface area (TPSA) is 49.8 Å². The third-order valence-electron chi connectivity index (χ3n) is 4.77. The van der Waals surface area contributed by atoms with E-state index in [0.717, 1.165) is 22.4 Å². The van der Waals surface area contributed by atoms with E-state index >= 15 is 0 Å². The standard InChI is InChI=1S/C24H25NO3/c1-28-22-14-12-19(13-15-22)16-23(24(26)27)25(17-20-8-4-2-5-9-20)18-21-10-6-3-7-11-21/h2-15,23H,16-18H2,1H3,(H,26,27)/t23-/m0/s1. The molecule has 0 unspecified atom stereocenters. The molecule has 0 aliphatic carbocycles. The lowest BCUT2D eigenvalue weighted by atomic mass is 10.0. The molecule has 0 aliphatic rings. The number of aliphatic carboxylic acids is 1. The lowest BCUT2D eigenvalue weighted by Crippen LogP contribution is -2.42. The van der Waals surface area contributed by atoms with E-state index in [0.29, 0.717) is 19.5 Å². The van der Waals surface area contributed by atoms with Crippen LogP contribution in [0.5, 0.6) is 5.75 Å². The van der Waals surface area contributed by atoms with Crippen LogP contribution in [-0.4, -0.2) is 29.1 Å². The average molecular weight is 375 g/mol. The highest BCUT2D eigenvalue weighted by atomic mass is 16.5. The summed E-state index contributed by atoms with van der Waals surface area (Å²) < 4.78 is 5.20. The SMILES string of the molecule is COc1ccc(C[C@@H](C(=O)O)N(Cc2ccccc2)Cc2ccccc2)cc1. The third-order valence-corrected chi connectivity index (χ3v) is 4.77. The van der Waals surface area contributed by atoms with E-state index in [1.165, 1.54) is 0 Å². The Morgan fingerprint density at radius 1 is 0.821 bits per heavy atom. The number of carboxylic acid groups (broad SMARTS) is 1. The normalized spacial score (nSPS) is 11.9. The van der Waals surface area contributed by atoms with Crippen LogP contribution in [0, 0.1) is 0 Å². The highest BCUT2D eigenvalue weighted by Crippen LogP contribution is 2.19. The Kier molecular flexibility index (Phi) is 6.82. The Labute approximate surface area is 166 Å². The molecule has 144 valence electrons. The van der Waals surface area contributed by atoms with Crippen molar-refractivity contribution in [2.24, 2.45) is 0 Å². The maximum absolute atomic E-state index is 12.2. The molecule has 3 rings (SSSR count). The second-order valence-electron chi connectivity index (χ2n) is 6.78. The van der Waals surface area contributed by atoms with Crippen LogP contribution in [0.1, 0.15) is 16.7 Å². The van der Waals surface area contributed by atoms with Crippen LogP contribution >= 0.6 is 0 Å². The molecule has 1 N–H and O–H groups in total. The minimum absolute atomic E-state index is 0.430. The molecule has 0 saturated heterocycles. The van der Waals surface area contributed by atoms with Crippen molar-refractivity contribution in [1.29, 1.82) is 0 Å². The van der Waals surface area contributed by atoms with Crippen molar-refractivity contribution in [2.75, 3.05) is 7.11 Å². The van der Waals surface area contributed by atoms with Gasteiger partial charge in [-0.05, 0) is 35.2 Å². The van der Waals surface area contributed by atoms with Crippen LogP contribution in [0.15, 0.2) is 84.9 Å². The second-order valence-corrected chi connectivity index (χ2v) is 6.78. The highest BCUT2D eigenvalue weighted by molar-refractivity contribution is 5.74. The fourth-order valence-corrected chi connectivity index (χ4v) is 3.27. The molecular formula is C24H25NO3. The molecular weight excluding hydrogens is 350 g/mol. The predicted octanol–water partition coefficient (Wildman–Crippen LogP) is 4.39. The van der Waals surface area contributed by atoms with Gasteiger partial charge in [0, 0.05) is 13.1 Å². The van der Waals surface area contributed by atoms with E-state index in [1.54, 1.807) is 7.11 Å². The molecule has 0 heterocycles. The molecule has 0 fully saturated rings. The van der Waals surface area contributed by atoms with Crippen LogP contribution in [-0.2, 0) is 24.3 Å². The predicted molar refractivity (Wildman–Crippen MR) is 110 cm³/mol. The number of methoxy groups -OCH3 is 1. The van der Waals surface area contributed by atoms with Gasteiger partial charge in [0.15, 0.2) is 0 Å². The molecule has 0 saturated carbocycles. The third kappa shape index (κ3) is 5.44. The van der Waals surface area contributed by atoms with Gasteiger partial charge in [-0.2, -0.15) is 0 Å². The van der Waals surface area contributed by atoms with Gasteiger partial charge in [0.2, 0.25) is 0 Å². The largest absolute Gasteiger partial charge is 0.497 e. The fraction of sp³-hybridized carbons (Fsp3) is 0.208. The molecule has 0 bridgehead atoms. The van der Waals surface area contributed by atoms with Gasteiger partial charge in [0.1, 0.15) is 11.8 Å². The first-order chi connectivity index (χ1) is 13.7. The number of benzene rings is 3. The van der Waals surface area contributed by atoms with Gasteiger partial charge in [-0.3, -0.25) is 9.69 Å². The van der Waals surface area contributed by atoms with Crippen molar-refractivity contribution in [3.63, 3.8) is 0 Å². The summed E-state index contributed by atoms with van der Waals surface area (Å²) in [5.41, 5.74) is 3.16. The summed E-state index contributed by atoms with van der Waals surface area (Å²) in [6, 6.07) is 27.0. The molecule has 0 aromatic heterocycles. The Bertz CT molecular complexity index is 822. The second kappa shape index (κ2) is 9.72. The number of carboxylic acids is 1. The summed E-state index contributed by atoms with van der Waals surface area (Å²) in [6.07, 6.45) is 0.430. The Morgan fingerprint density at radius 2 is 1.32 bits per heavy atom. The number of ether oxygens (including phenoxy) is 1.